The molecule has 1 atom stereocenters. The smallest absolute Gasteiger partial charge is 0.225 e. The molecule has 1 unspecified atom stereocenters. The van der Waals surface area contributed by atoms with E-state index in [1.54, 1.807) is 22.3 Å². The number of aryl methyl sites for hydroxylation is 1. The number of thiophene rings is 1. The highest BCUT2D eigenvalue weighted by atomic mass is 35.5. The standard InChI is InChI=1S/C17H23N5OS.ClH/c23-16(1-7-21-13-19-12-20-21)22(10-14-2-8-24-11-14)15-9-17(15)3-5-18-6-4-17;/h2,8,11-13,15,18H,1,3-7,9-10H2;1H. The lowest BCUT2D eigenvalue weighted by atomic mass is 9.93. The highest BCUT2D eigenvalue weighted by molar-refractivity contribution is 7.07. The molecule has 6 nitrogen and oxygen atoms in total. The van der Waals surface area contributed by atoms with Crippen LogP contribution in [0.5, 0.6) is 0 Å². The number of nitrogens with zero attached hydrogens (tertiary/aromatic N) is 4. The zero-order valence-corrected chi connectivity index (χ0v) is 15.8. The molecule has 1 saturated carbocycles. The molecule has 1 saturated heterocycles. The lowest BCUT2D eigenvalue weighted by Gasteiger charge is -2.29. The van der Waals surface area contributed by atoms with Crippen LogP contribution in [0.3, 0.4) is 0 Å². The molecule has 2 aromatic rings. The predicted molar refractivity (Wildman–Crippen MR) is 99.7 cm³/mol. The normalized spacial score (nSPS) is 20.9. The van der Waals surface area contributed by atoms with Crippen LogP contribution in [0.2, 0.25) is 0 Å². The van der Waals surface area contributed by atoms with Crippen molar-refractivity contribution in [3.8, 4) is 0 Å². The average molecular weight is 382 g/mol. The number of carbonyl (C=O) groups is 1. The van der Waals surface area contributed by atoms with E-state index in [2.05, 4.69) is 37.1 Å². The Morgan fingerprint density at radius 2 is 2.28 bits per heavy atom. The van der Waals surface area contributed by atoms with Gasteiger partial charge in [0.15, 0.2) is 0 Å². The maximum atomic E-state index is 12.9. The van der Waals surface area contributed by atoms with Gasteiger partial charge in [0.2, 0.25) is 5.91 Å². The summed E-state index contributed by atoms with van der Waals surface area (Å²) in [5, 5.41) is 11.8. The first-order valence-corrected chi connectivity index (χ1v) is 9.55. The van der Waals surface area contributed by atoms with E-state index in [-0.39, 0.29) is 18.3 Å². The summed E-state index contributed by atoms with van der Waals surface area (Å²) >= 11 is 1.69. The number of hydrogen-bond donors (Lipinski definition) is 1. The van der Waals surface area contributed by atoms with E-state index in [9.17, 15) is 4.79 Å². The third kappa shape index (κ3) is 4.04. The van der Waals surface area contributed by atoms with Crippen molar-refractivity contribution in [3.63, 3.8) is 0 Å². The van der Waals surface area contributed by atoms with Gasteiger partial charge in [-0.3, -0.25) is 9.48 Å². The van der Waals surface area contributed by atoms with Gasteiger partial charge in [0.05, 0.1) is 6.54 Å². The lowest BCUT2D eigenvalue weighted by molar-refractivity contribution is -0.133. The predicted octanol–water partition coefficient (Wildman–Crippen LogP) is 2.32. The molecule has 25 heavy (non-hydrogen) atoms. The Morgan fingerprint density at radius 1 is 1.44 bits per heavy atom. The van der Waals surface area contributed by atoms with Crippen molar-refractivity contribution in [3.05, 3.63) is 35.0 Å². The summed E-state index contributed by atoms with van der Waals surface area (Å²) < 4.78 is 1.73. The molecule has 0 radical (unpaired) electrons. The van der Waals surface area contributed by atoms with Gasteiger partial charge in [-0.1, -0.05) is 0 Å². The van der Waals surface area contributed by atoms with Crippen LogP contribution in [0, 0.1) is 5.41 Å². The minimum atomic E-state index is 0. The minimum Gasteiger partial charge on any atom is -0.335 e. The van der Waals surface area contributed by atoms with E-state index in [0.29, 0.717) is 24.4 Å². The van der Waals surface area contributed by atoms with Crippen molar-refractivity contribution < 1.29 is 4.79 Å². The van der Waals surface area contributed by atoms with Gasteiger partial charge >= 0.3 is 0 Å². The van der Waals surface area contributed by atoms with Gasteiger partial charge in [-0.2, -0.15) is 16.4 Å². The summed E-state index contributed by atoms with van der Waals surface area (Å²) in [6, 6.07) is 2.53. The summed E-state index contributed by atoms with van der Waals surface area (Å²) in [4.78, 5) is 19.0. The molecule has 0 aromatic carbocycles. The fourth-order valence-corrected chi connectivity index (χ4v) is 4.54. The van der Waals surface area contributed by atoms with Crippen molar-refractivity contribution in [1.29, 1.82) is 0 Å². The first-order valence-electron chi connectivity index (χ1n) is 8.61. The van der Waals surface area contributed by atoms with E-state index in [1.807, 2.05) is 0 Å². The first kappa shape index (κ1) is 18.4. The molecule has 136 valence electrons. The lowest BCUT2D eigenvalue weighted by Crippen LogP contribution is -2.39. The second-order valence-electron chi connectivity index (χ2n) is 6.89. The highest BCUT2D eigenvalue weighted by Gasteiger charge is 2.57. The van der Waals surface area contributed by atoms with Crippen LogP contribution in [-0.2, 0) is 17.9 Å². The number of hydrogen-bond acceptors (Lipinski definition) is 5. The van der Waals surface area contributed by atoms with Gasteiger partial charge in [0.25, 0.3) is 0 Å². The first-order chi connectivity index (χ1) is 11.8. The molecule has 2 aliphatic rings. The summed E-state index contributed by atoms with van der Waals surface area (Å²) in [5.41, 5.74) is 1.61. The van der Waals surface area contributed by atoms with Gasteiger partial charge in [0.1, 0.15) is 12.7 Å². The topological polar surface area (TPSA) is 63.1 Å². The molecular weight excluding hydrogens is 358 g/mol. The molecule has 4 rings (SSSR count). The van der Waals surface area contributed by atoms with Crippen LogP contribution < -0.4 is 5.32 Å². The third-order valence-electron chi connectivity index (χ3n) is 5.40. The number of halogens is 1. The maximum absolute atomic E-state index is 12.9. The fourth-order valence-electron chi connectivity index (χ4n) is 3.88. The monoisotopic (exact) mass is 381 g/mol. The number of rotatable bonds is 6. The zero-order chi connectivity index (χ0) is 16.4. The Labute approximate surface area is 158 Å². The van der Waals surface area contributed by atoms with E-state index in [0.717, 1.165) is 26.1 Å². The van der Waals surface area contributed by atoms with E-state index >= 15 is 0 Å². The van der Waals surface area contributed by atoms with Crippen LogP contribution in [0.4, 0.5) is 0 Å². The van der Waals surface area contributed by atoms with Gasteiger partial charge in [-0.15, -0.1) is 12.4 Å². The number of nitrogens with one attached hydrogen (secondary N) is 1. The number of amides is 1. The molecule has 1 N–H and O–H groups in total. The second-order valence-corrected chi connectivity index (χ2v) is 7.67. The van der Waals surface area contributed by atoms with Crippen molar-refractivity contribution in [2.45, 2.75) is 44.8 Å². The Hall–Kier alpha value is -1.44. The Kier molecular flexibility index (Phi) is 5.76. The summed E-state index contributed by atoms with van der Waals surface area (Å²) in [6.07, 6.45) is 7.20. The van der Waals surface area contributed by atoms with Crippen LogP contribution in [0.25, 0.3) is 0 Å². The summed E-state index contributed by atoms with van der Waals surface area (Å²) in [6.45, 7) is 3.49. The number of carbonyl (C=O) groups excluding carboxylic acids is 1. The second kappa shape index (κ2) is 7.85. The molecule has 1 aliphatic carbocycles. The third-order valence-corrected chi connectivity index (χ3v) is 6.13. The summed E-state index contributed by atoms with van der Waals surface area (Å²) in [7, 11) is 0. The Morgan fingerprint density at radius 3 is 2.96 bits per heavy atom. The maximum Gasteiger partial charge on any atom is 0.225 e. The molecule has 1 amide bonds. The van der Waals surface area contributed by atoms with E-state index < -0.39 is 0 Å². The van der Waals surface area contributed by atoms with E-state index in [1.165, 1.54) is 24.7 Å². The largest absolute Gasteiger partial charge is 0.335 e. The molecule has 2 fully saturated rings. The quantitative estimate of drug-likeness (QED) is 0.834. The van der Waals surface area contributed by atoms with Gasteiger partial charge < -0.3 is 10.2 Å². The highest BCUT2D eigenvalue weighted by Crippen LogP contribution is 2.56. The SMILES string of the molecule is Cl.O=C(CCn1cncn1)N(Cc1ccsc1)C1CC12CCNCC2. The van der Waals surface area contributed by atoms with Crippen LogP contribution >= 0.6 is 23.7 Å². The zero-order valence-electron chi connectivity index (χ0n) is 14.1. The Bertz CT molecular complexity index is 669. The average Bonchev–Trinajstić information content (AvgIpc) is 3.06. The fraction of sp³-hybridized carbons (Fsp3) is 0.588. The van der Waals surface area contributed by atoms with Gasteiger partial charge in [0, 0.05) is 19.0 Å². The minimum absolute atomic E-state index is 0. The number of aromatic nitrogens is 3. The molecule has 3 heterocycles. The Balaban J connectivity index is 0.00000182. The van der Waals surface area contributed by atoms with Crippen molar-refractivity contribution >= 4 is 29.7 Å². The van der Waals surface area contributed by atoms with Crippen molar-refractivity contribution in [1.82, 2.24) is 25.0 Å². The molecule has 2 aromatic heterocycles. The van der Waals surface area contributed by atoms with Gasteiger partial charge in [-0.05, 0) is 60.2 Å². The molecule has 1 aliphatic heterocycles. The van der Waals surface area contributed by atoms with Crippen LogP contribution in [0.15, 0.2) is 29.5 Å². The molecule has 1 spiro atoms. The molecular formula is C17H24ClN5OS. The van der Waals surface area contributed by atoms with Crippen molar-refractivity contribution in [2.75, 3.05) is 13.1 Å². The molecule has 0 bridgehead atoms. The van der Waals surface area contributed by atoms with Crippen LogP contribution in [0.1, 0.15) is 31.2 Å². The van der Waals surface area contributed by atoms with E-state index in [4.69, 9.17) is 0 Å². The van der Waals surface area contributed by atoms with Crippen LogP contribution in [-0.4, -0.2) is 44.7 Å². The van der Waals surface area contributed by atoms with Gasteiger partial charge in [-0.25, -0.2) is 4.98 Å². The number of piperidine rings is 1. The summed E-state index contributed by atoms with van der Waals surface area (Å²) in [5.74, 6) is 0.233. The van der Waals surface area contributed by atoms with Crippen molar-refractivity contribution in [2.24, 2.45) is 5.41 Å². The molecule has 8 heteroatoms.